The van der Waals surface area contributed by atoms with Gasteiger partial charge in [0, 0.05) is 25.2 Å². The Bertz CT molecular complexity index is 419. The van der Waals surface area contributed by atoms with Crippen LogP contribution in [0.4, 0.5) is 0 Å². The number of hydrogen-bond donors (Lipinski definition) is 0. The minimum absolute atomic E-state index is 0.000464. The fourth-order valence-corrected chi connectivity index (χ4v) is 2.36. The molecular weight excluding hydrogens is 215 g/mol. The van der Waals surface area contributed by atoms with Gasteiger partial charge in [-0.05, 0) is 0 Å². The number of fused-ring (bicyclic) bond motifs is 3. The molecule has 3 heterocycles. The lowest BCUT2D eigenvalue weighted by molar-refractivity contribution is -0.118. The Morgan fingerprint density at radius 1 is 1.12 bits per heavy atom. The van der Waals surface area contributed by atoms with Crippen LogP contribution in [0.15, 0.2) is 36.9 Å². The van der Waals surface area contributed by atoms with E-state index in [1.54, 1.807) is 0 Å². The van der Waals surface area contributed by atoms with Crippen LogP contribution in [0.5, 0.6) is 0 Å². The summed E-state index contributed by atoms with van der Waals surface area (Å²) < 4.78 is 17.4. The highest BCUT2D eigenvalue weighted by Crippen LogP contribution is 2.40. The van der Waals surface area contributed by atoms with Crippen molar-refractivity contribution >= 4 is 12.2 Å². The SMILES string of the molecule is C=C(c1ccccc1)[B-]12OCC(C)(CO1)CO2. The second-order valence-corrected chi connectivity index (χ2v) is 5.28. The van der Waals surface area contributed by atoms with Crippen LogP contribution in [0.1, 0.15) is 12.5 Å². The van der Waals surface area contributed by atoms with Gasteiger partial charge in [0.05, 0.1) is 0 Å². The summed E-state index contributed by atoms with van der Waals surface area (Å²) in [6.07, 6.45) is 0. The first-order valence-electron chi connectivity index (χ1n) is 5.94. The molecule has 0 amide bonds. The van der Waals surface area contributed by atoms with Gasteiger partial charge in [0.2, 0.25) is 0 Å². The van der Waals surface area contributed by atoms with Crippen LogP contribution in [0.25, 0.3) is 5.47 Å². The second kappa shape index (κ2) is 3.70. The predicted molar refractivity (Wildman–Crippen MR) is 67.2 cm³/mol. The van der Waals surface area contributed by atoms with E-state index >= 15 is 0 Å². The maximum Gasteiger partial charge on any atom is 0.409 e. The van der Waals surface area contributed by atoms with Crippen LogP contribution >= 0.6 is 0 Å². The molecule has 3 aliphatic heterocycles. The molecule has 0 N–H and O–H groups in total. The van der Waals surface area contributed by atoms with E-state index < -0.39 is 6.75 Å². The Hall–Kier alpha value is -1.10. The summed E-state index contributed by atoms with van der Waals surface area (Å²) in [7, 11) is 0. The fourth-order valence-electron chi connectivity index (χ4n) is 2.36. The number of benzene rings is 1. The summed E-state index contributed by atoms with van der Waals surface area (Å²) in [5.41, 5.74) is 1.81. The first-order valence-corrected chi connectivity index (χ1v) is 5.94. The summed E-state index contributed by atoms with van der Waals surface area (Å²) in [6.45, 7) is 6.45. The van der Waals surface area contributed by atoms with Gasteiger partial charge in [-0.25, -0.2) is 0 Å². The van der Waals surface area contributed by atoms with Crippen molar-refractivity contribution < 1.29 is 14.0 Å². The molecule has 90 valence electrons. The largest absolute Gasteiger partial charge is 0.540 e. The molecule has 17 heavy (non-hydrogen) atoms. The summed E-state index contributed by atoms with van der Waals surface area (Å²) in [5, 5.41) is 0. The minimum atomic E-state index is -1.79. The lowest BCUT2D eigenvalue weighted by atomic mass is 9.62. The average molecular weight is 231 g/mol. The first kappa shape index (κ1) is 11.0. The molecule has 0 atom stereocenters. The van der Waals surface area contributed by atoms with Crippen LogP contribution in [-0.4, -0.2) is 26.6 Å². The molecule has 1 aromatic carbocycles. The Morgan fingerprint density at radius 2 is 1.65 bits per heavy atom. The maximum atomic E-state index is 5.80. The van der Waals surface area contributed by atoms with E-state index in [0.29, 0.717) is 19.8 Å². The third-order valence-corrected chi connectivity index (χ3v) is 3.52. The third-order valence-electron chi connectivity index (χ3n) is 3.52. The maximum absolute atomic E-state index is 5.80. The quantitative estimate of drug-likeness (QED) is 0.730. The van der Waals surface area contributed by atoms with E-state index in [4.69, 9.17) is 14.0 Å². The molecule has 0 radical (unpaired) electrons. The van der Waals surface area contributed by atoms with Gasteiger partial charge in [-0.1, -0.05) is 42.8 Å². The Labute approximate surface area is 101 Å². The average Bonchev–Trinajstić information content (AvgIpc) is 2.40. The van der Waals surface area contributed by atoms with Gasteiger partial charge >= 0.3 is 6.75 Å². The van der Waals surface area contributed by atoms with Crippen LogP contribution in [0.2, 0.25) is 0 Å². The summed E-state index contributed by atoms with van der Waals surface area (Å²) in [6, 6.07) is 9.92. The third kappa shape index (κ3) is 1.73. The van der Waals surface area contributed by atoms with E-state index in [0.717, 1.165) is 11.0 Å². The van der Waals surface area contributed by atoms with Gasteiger partial charge < -0.3 is 14.0 Å². The lowest BCUT2D eigenvalue weighted by Crippen LogP contribution is -2.63. The van der Waals surface area contributed by atoms with Crippen molar-refractivity contribution in [1.29, 1.82) is 0 Å². The lowest BCUT2D eigenvalue weighted by Gasteiger charge is -2.58. The van der Waals surface area contributed by atoms with Gasteiger partial charge in [0.1, 0.15) is 0 Å². The zero-order chi connectivity index (χ0) is 11.9. The van der Waals surface area contributed by atoms with E-state index in [-0.39, 0.29) is 5.41 Å². The number of hydrogen-bond acceptors (Lipinski definition) is 3. The summed E-state index contributed by atoms with van der Waals surface area (Å²) >= 11 is 0. The molecule has 3 aliphatic rings. The van der Waals surface area contributed by atoms with E-state index in [9.17, 15) is 0 Å². The molecule has 3 fully saturated rings. The highest BCUT2D eigenvalue weighted by Gasteiger charge is 2.47. The van der Waals surface area contributed by atoms with Crippen molar-refractivity contribution in [2.75, 3.05) is 19.8 Å². The van der Waals surface area contributed by atoms with Crippen molar-refractivity contribution in [3.63, 3.8) is 0 Å². The summed E-state index contributed by atoms with van der Waals surface area (Å²) in [4.78, 5) is 0. The van der Waals surface area contributed by atoms with Gasteiger partial charge in [-0.2, -0.15) is 0 Å². The molecule has 1 aromatic rings. The molecule has 2 bridgehead atoms. The standard InChI is InChI=1S/C13H16BO3/c1-11(12-6-4-3-5-7-12)14-15-8-13(2,9-16-14)10-17-14/h3-7H,1,8-10H2,2H3/q-1. The molecule has 4 rings (SSSR count). The van der Waals surface area contributed by atoms with Crippen LogP contribution in [0.3, 0.4) is 0 Å². The highest BCUT2D eigenvalue weighted by atomic mass is 16.8. The Morgan fingerprint density at radius 3 is 2.18 bits per heavy atom. The minimum Gasteiger partial charge on any atom is -0.540 e. The van der Waals surface area contributed by atoms with Crippen LogP contribution in [0, 0.1) is 5.41 Å². The topological polar surface area (TPSA) is 27.7 Å². The molecular formula is C13H16BO3-. The zero-order valence-corrected chi connectivity index (χ0v) is 10.0. The molecule has 3 nitrogen and oxygen atoms in total. The Kier molecular flexibility index (Phi) is 2.40. The first-order chi connectivity index (χ1) is 8.14. The second-order valence-electron chi connectivity index (χ2n) is 5.28. The zero-order valence-electron chi connectivity index (χ0n) is 10.0. The van der Waals surface area contributed by atoms with Crippen molar-refractivity contribution in [2.45, 2.75) is 6.92 Å². The van der Waals surface area contributed by atoms with Gasteiger partial charge in [-0.3, -0.25) is 0 Å². The van der Waals surface area contributed by atoms with Crippen LogP contribution < -0.4 is 0 Å². The predicted octanol–water partition coefficient (Wildman–Crippen LogP) is 2.26. The van der Waals surface area contributed by atoms with E-state index in [1.165, 1.54) is 0 Å². The molecule has 3 saturated heterocycles. The van der Waals surface area contributed by atoms with Crippen molar-refractivity contribution in [3.8, 4) is 0 Å². The molecule has 4 heteroatoms. The van der Waals surface area contributed by atoms with Gasteiger partial charge in [-0.15, -0.1) is 12.1 Å². The normalized spacial score (nSPS) is 35.8. The molecule has 0 aromatic heterocycles. The highest BCUT2D eigenvalue weighted by molar-refractivity contribution is 6.81. The van der Waals surface area contributed by atoms with Gasteiger partial charge in [0.15, 0.2) is 0 Å². The van der Waals surface area contributed by atoms with Crippen molar-refractivity contribution in [2.24, 2.45) is 5.41 Å². The smallest absolute Gasteiger partial charge is 0.409 e. The molecule has 0 saturated carbocycles. The Balaban J connectivity index is 1.88. The molecule has 0 spiro atoms. The monoisotopic (exact) mass is 231 g/mol. The molecule has 0 unspecified atom stereocenters. The molecule has 0 aliphatic carbocycles. The van der Waals surface area contributed by atoms with Crippen molar-refractivity contribution in [3.05, 3.63) is 42.5 Å². The van der Waals surface area contributed by atoms with E-state index in [1.807, 2.05) is 30.3 Å². The fraction of sp³-hybridized carbons (Fsp3) is 0.385. The van der Waals surface area contributed by atoms with E-state index in [2.05, 4.69) is 13.5 Å². The van der Waals surface area contributed by atoms with Gasteiger partial charge in [0.25, 0.3) is 0 Å². The van der Waals surface area contributed by atoms with Crippen molar-refractivity contribution in [1.82, 2.24) is 0 Å². The number of rotatable bonds is 2. The summed E-state index contributed by atoms with van der Waals surface area (Å²) in [5.74, 6) is 0. The van der Waals surface area contributed by atoms with Crippen LogP contribution in [-0.2, 0) is 14.0 Å².